The molecule has 31 heavy (non-hydrogen) atoms. The van der Waals surface area contributed by atoms with Crippen molar-refractivity contribution in [2.75, 3.05) is 20.7 Å². The van der Waals surface area contributed by atoms with Crippen molar-refractivity contribution in [3.8, 4) is 11.5 Å². The lowest BCUT2D eigenvalue weighted by molar-refractivity contribution is -0.122. The highest BCUT2D eigenvalue weighted by atomic mass is 16.5. The zero-order chi connectivity index (χ0) is 22.1. The fourth-order valence-corrected chi connectivity index (χ4v) is 3.34. The molecular formula is C26H30N2O3. The van der Waals surface area contributed by atoms with Gasteiger partial charge in [-0.15, -0.1) is 0 Å². The third-order valence-electron chi connectivity index (χ3n) is 5.07. The number of carbonyl (C=O) groups excluding carboxylic acids is 1. The van der Waals surface area contributed by atoms with Crippen molar-refractivity contribution in [3.63, 3.8) is 0 Å². The van der Waals surface area contributed by atoms with E-state index in [0.29, 0.717) is 37.7 Å². The van der Waals surface area contributed by atoms with Crippen LogP contribution in [0.5, 0.6) is 11.5 Å². The van der Waals surface area contributed by atoms with E-state index < -0.39 is 0 Å². The number of rotatable bonds is 10. The first kappa shape index (κ1) is 22.4. The van der Waals surface area contributed by atoms with E-state index in [9.17, 15) is 4.79 Å². The van der Waals surface area contributed by atoms with Crippen molar-refractivity contribution in [2.45, 2.75) is 26.6 Å². The quantitative estimate of drug-likeness (QED) is 0.532. The zero-order valence-corrected chi connectivity index (χ0v) is 18.4. The van der Waals surface area contributed by atoms with Crippen molar-refractivity contribution in [1.29, 1.82) is 0 Å². The normalized spacial score (nSPS) is 10.7. The summed E-state index contributed by atoms with van der Waals surface area (Å²) in [6, 6.07) is 24.0. The average molecular weight is 419 g/mol. The molecule has 1 amide bonds. The van der Waals surface area contributed by atoms with Crippen LogP contribution in [0.1, 0.15) is 22.3 Å². The van der Waals surface area contributed by atoms with Gasteiger partial charge in [0.25, 0.3) is 0 Å². The predicted molar refractivity (Wildman–Crippen MR) is 123 cm³/mol. The van der Waals surface area contributed by atoms with Gasteiger partial charge in [-0.05, 0) is 48.4 Å². The van der Waals surface area contributed by atoms with Gasteiger partial charge in [0.2, 0.25) is 5.91 Å². The van der Waals surface area contributed by atoms with Crippen LogP contribution in [-0.2, 0) is 24.5 Å². The number of hydrogen-bond acceptors (Lipinski definition) is 4. The monoisotopic (exact) mass is 418 g/mol. The van der Waals surface area contributed by atoms with E-state index in [0.717, 1.165) is 16.7 Å². The molecule has 0 atom stereocenters. The Morgan fingerprint density at radius 1 is 0.935 bits per heavy atom. The van der Waals surface area contributed by atoms with E-state index in [1.54, 1.807) is 7.11 Å². The summed E-state index contributed by atoms with van der Waals surface area (Å²) < 4.78 is 11.4. The molecule has 0 unspecified atom stereocenters. The molecule has 0 aliphatic heterocycles. The molecular weight excluding hydrogens is 388 g/mol. The van der Waals surface area contributed by atoms with Crippen LogP contribution in [0.25, 0.3) is 0 Å². The summed E-state index contributed by atoms with van der Waals surface area (Å²) in [5.74, 6) is 1.39. The van der Waals surface area contributed by atoms with Crippen molar-refractivity contribution >= 4 is 5.91 Å². The summed E-state index contributed by atoms with van der Waals surface area (Å²) in [4.78, 5) is 14.3. The van der Waals surface area contributed by atoms with Crippen LogP contribution in [-0.4, -0.2) is 31.5 Å². The van der Waals surface area contributed by atoms with Gasteiger partial charge >= 0.3 is 0 Å². The molecule has 0 aliphatic rings. The molecule has 162 valence electrons. The maximum Gasteiger partial charge on any atom is 0.234 e. The Morgan fingerprint density at radius 3 is 2.42 bits per heavy atom. The lowest BCUT2D eigenvalue weighted by Gasteiger charge is -2.18. The second-order valence-corrected chi connectivity index (χ2v) is 7.63. The molecule has 0 saturated heterocycles. The maximum absolute atomic E-state index is 12.3. The fourth-order valence-electron chi connectivity index (χ4n) is 3.34. The fraction of sp³-hybridized carbons (Fsp3) is 0.269. The summed E-state index contributed by atoms with van der Waals surface area (Å²) in [7, 11) is 3.57. The van der Waals surface area contributed by atoms with Gasteiger partial charge in [0.1, 0.15) is 6.61 Å². The van der Waals surface area contributed by atoms with Crippen LogP contribution in [0.3, 0.4) is 0 Å². The third kappa shape index (κ3) is 6.86. The van der Waals surface area contributed by atoms with E-state index in [-0.39, 0.29) is 5.91 Å². The van der Waals surface area contributed by atoms with Crippen LogP contribution in [0.15, 0.2) is 72.8 Å². The maximum atomic E-state index is 12.3. The molecule has 0 bridgehead atoms. The van der Waals surface area contributed by atoms with E-state index in [2.05, 4.69) is 5.32 Å². The SMILES string of the molecule is COc1cc(CN(C)CC(=O)NCc2ccccc2C)ccc1OCc1ccccc1. The number of amides is 1. The third-order valence-corrected chi connectivity index (χ3v) is 5.07. The molecule has 0 heterocycles. The van der Waals surface area contributed by atoms with Gasteiger partial charge < -0.3 is 14.8 Å². The number of nitrogens with one attached hydrogen (secondary N) is 1. The first-order chi connectivity index (χ1) is 15.0. The molecule has 1 N–H and O–H groups in total. The molecule has 0 aliphatic carbocycles. The van der Waals surface area contributed by atoms with Gasteiger partial charge in [0.15, 0.2) is 11.5 Å². The second kappa shape index (κ2) is 11.2. The lowest BCUT2D eigenvalue weighted by atomic mass is 10.1. The summed E-state index contributed by atoms with van der Waals surface area (Å²) in [5, 5.41) is 3.00. The van der Waals surface area contributed by atoms with Crippen molar-refractivity contribution in [3.05, 3.63) is 95.1 Å². The van der Waals surface area contributed by atoms with Gasteiger partial charge in [0, 0.05) is 13.1 Å². The standard InChI is InChI=1S/C26H30N2O3/c1-20-9-7-8-12-23(20)16-27-26(29)18-28(2)17-22-13-14-24(25(15-22)30-3)31-19-21-10-5-4-6-11-21/h4-15H,16-19H2,1-3H3,(H,27,29). The van der Waals surface area contributed by atoms with Crippen molar-refractivity contribution in [2.24, 2.45) is 0 Å². The summed E-state index contributed by atoms with van der Waals surface area (Å²) in [5.41, 5.74) is 4.47. The zero-order valence-electron chi connectivity index (χ0n) is 18.4. The van der Waals surface area contributed by atoms with Gasteiger partial charge in [0.05, 0.1) is 13.7 Å². The van der Waals surface area contributed by atoms with Crippen LogP contribution in [0, 0.1) is 6.92 Å². The summed E-state index contributed by atoms with van der Waals surface area (Å²) >= 11 is 0. The van der Waals surface area contributed by atoms with Crippen LogP contribution in [0.2, 0.25) is 0 Å². The summed E-state index contributed by atoms with van der Waals surface area (Å²) in [6.45, 7) is 4.03. The molecule has 0 saturated carbocycles. The van der Waals surface area contributed by atoms with E-state index in [4.69, 9.17) is 9.47 Å². The molecule has 3 rings (SSSR count). The molecule has 3 aromatic carbocycles. The van der Waals surface area contributed by atoms with Crippen LogP contribution >= 0.6 is 0 Å². The van der Waals surface area contributed by atoms with Crippen LogP contribution in [0.4, 0.5) is 0 Å². The molecule has 0 fully saturated rings. The summed E-state index contributed by atoms with van der Waals surface area (Å²) in [6.07, 6.45) is 0. The average Bonchev–Trinajstić information content (AvgIpc) is 2.78. The smallest absolute Gasteiger partial charge is 0.234 e. The largest absolute Gasteiger partial charge is 0.493 e. The van der Waals surface area contributed by atoms with Crippen LogP contribution < -0.4 is 14.8 Å². The second-order valence-electron chi connectivity index (χ2n) is 7.63. The van der Waals surface area contributed by atoms with Gasteiger partial charge in [-0.2, -0.15) is 0 Å². The van der Waals surface area contributed by atoms with Gasteiger partial charge in [-0.25, -0.2) is 0 Å². The minimum atomic E-state index is 0.000493. The van der Waals surface area contributed by atoms with Crippen molar-refractivity contribution < 1.29 is 14.3 Å². The highest BCUT2D eigenvalue weighted by molar-refractivity contribution is 5.78. The van der Waals surface area contributed by atoms with E-state index in [1.807, 2.05) is 91.7 Å². The number of aryl methyl sites for hydroxylation is 1. The number of methoxy groups -OCH3 is 1. The Bertz CT molecular complexity index is 989. The van der Waals surface area contributed by atoms with E-state index >= 15 is 0 Å². The molecule has 0 radical (unpaired) electrons. The molecule has 3 aromatic rings. The first-order valence-electron chi connectivity index (χ1n) is 10.4. The predicted octanol–water partition coefficient (Wildman–Crippen LogP) is 4.33. The van der Waals surface area contributed by atoms with Gasteiger partial charge in [-0.3, -0.25) is 9.69 Å². The Hall–Kier alpha value is -3.31. The minimum absolute atomic E-state index is 0.000493. The molecule has 0 spiro atoms. The Labute approximate surface area is 184 Å². The molecule has 0 aromatic heterocycles. The first-order valence-corrected chi connectivity index (χ1v) is 10.4. The Morgan fingerprint density at radius 2 is 1.68 bits per heavy atom. The minimum Gasteiger partial charge on any atom is -0.493 e. The number of hydrogen-bond donors (Lipinski definition) is 1. The Kier molecular flexibility index (Phi) is 8.07. The highest BCUT2D eigenvalue weighted by Crippen LogP contribution is 2.29. The highest BCUT2D eigenvalue weighted by Gasteiger charge is 2.11. The molecule has 5 heteroatoms. The number of benzene rings is 3. The number of carbonyl (C=O) groups is 1. The number of likely N-dealkylation sites (N-methyl/N-ethyl adjacent to an activating group) is 1. The lowest BCUT2D eigenvalue weighted by Crippen LogP contribution is -2.34. The molecule has 5 nitrogen and oxygen atoms in total. The topological polar surface area (TPSA) is 50.8 Å². The van der Waals surface area contributed by atoms with Crippen molar-refractivity contribution in [1.82, 2.24) is 10.2 Å². The number of ether oxygens (including phenoxy) is 2. The Balaban J connectivity index is 1.51. The van der Waals surface area contributed by atoms with E-state index in [1.165, 1.54) is 5.56 Å². The number of nitrogens with zero attached hydrogens (tertiary/aromatic N) is 1. The van der Waals surface area contributed by atoms with Gasteiger partial charge in [-0.1, -0.05) is 60.7 Å².